The summed E-state index contributed by atoms with van der Waals surface area (Å²) in [7, 11) is 0. The number of anilines is 2. The van der Waals surface area contributed by atoms with Crippen molar-refractivity contribution in [1.82, 2.24) is 0 Å². The molecule has 1 amide bonds. The summed E-state index contributed by atoms with van der Waals surface area (Å²) in [5.74, 6) is 0.377. The number of nitrogens with one attached hydrogen (secondary N) is 2. The maximum atomic E-state index is 12.6. The van der Waals surface area contributed by atoms with Gasteiger partial charge in [0, 0.05) is 17.3 Å². The third kappa shape index (κ3) is 5.32. The van der Waals surface area contributed by atoms with Gasteiger partial charge in [-0.3, -0.25) is 14.9 Å². The van der Waals surface area contributed by atoms with Crippen molar-refractivity contribution in [3.8, 4) is 5.75 Å². The minimum Gasteiger partial charge on any atom is -0.489 e. The number of benzene rings is 3. The minimum absolute atomic E-state index is 0.148. The molecule has 7 nitrogen and oxygen atoms in total. The van der Waals surface area contributed by atoms with Gasteiger partial charge >= 0.3 is 0 Å². The number of nitro groups is 1. The third-order valence-corrected chi connectivity index (χ3v) is 4.28. The Morgan fingerprint density at radius 2 is 1.59 bits per heavy atom. The first kappa shape index (κ1) is 19.9. The summed E-state index contributed by atoms with van der Waals surface area (Å²) in [5.41, 5.74) is 1.66. The van der Waals surface area contributed by atoms with E-state index in [1.165, 1.54) is 12.1 Å². The van der Waals surface area contributed by atoms with E-state index in [-0.39, 0.29) is 17.3 Å². The summed E-state index contributed by atoms with van der Waals surface area (Å²) in [5, 5.41) is 16.9. The number of para-hydroxylation sites is 4. The van der Waals surface area contributed by atoms with Crippen LogP contribution in [0.5, 0.6) is 5.75 Å². The highest BCUT2D eigenvalue weighted by atomic mass is 16.6. The molecule has 0 aliphatic carbocycles. The first-order chi connectivity index (χ1) is 14.0. The maximum absolute atomic E-state index is 12.6. The van der Waals surface area contributed by atoms with E-state index in [2.05, 4.69) is 10.6 Å². The van der Waals surface area contributed by atoms with Gasteiger partial charge in [0.05, 0.1) is 4.92 Å². The number of hydrogen-bond acceptors (Lipinski definition) is 5. The van der Waals surface area contributed by atoms with Crippen LogP contribution in [0.1, 0.15) is 12.5 Å². The number of nitro benzene ring substituents is 1. The Morgan fingerprint density at radius 1 is 0.966 bits per heavy atom. The van der Waals surface area contributed by atoms with Gasteiger partial charge in [-0.05, 0) is 31.2 Å². The third-order valence-electron chi connectivity index (χ3n) is 4.28. The molecule has 29 heavy (non-hydrogen) atoms. The van der Waals surface area contributed by atoms with Gasteiger partial charge in [0.2, 0.25) is 5.91 Å². The normalized spacial score (nSPS) is 11.3. The molecule has 0 saturated heterocycles. The van der Waals surface area contributed by atoms with E-state index in [0.717, 1.165) is 17.0 Å². The molecule has 3 aromatic rings. The summed E-state index contributed by atoms with van der Waals surface area (Å²) >= 11 is 0. The Morgan fingerprint density at radius 3 is 2.31 bits per heavy atom. The smallest absolute Gasteiger partial charge is 0.292 e. The Kier molecular flexibility index (Phi) is 6.42. The number of carbonyl (C=O) groups is 1. The highest BCUT2D eigenvalue weighted by Gasteiger charge is 2.19. The second kappa shape index (κ2) is 9.36. The summed E-state index contributed by atoms with van der Waals surface area (Å²) in [6.07, 6.45) is 0. The molecule has 0 spiro atoms. The molecular weight excluding hydrogens is 370 g/mol. The monoisotopic (exact) mass is 391 g/mol. The zero-order valence-electron chi connectivity index (χ0n) is 15.9. The summed E-state index contributed by atoms with van der Waals surface area (Å²) in [6.45, 7) is 2.03. The lowest BCUT2D eigenvalue weighted by molar-refractivity contribution is -0.383. The van der Waals surface area contributed by atoms with Crippen LogP contribution in [0.2, 0.25) is 0 Å². The first-order valence-corrected chi connectivity index (χ1v) is 9.11. The van der Waals surface area contributed by atoms with Crippen molar-refractivity contribution in [2.45, 2.75) is 19.6 Å². The van der Waals surface area contributed by atoms with Crippen LogP contribution in [0.3, 0.4) is 0 Å². The number of amides is 1. The van der Waals surface area contributed by atoms with Crippen molar-refractivity contribution in [3.63, 3.8) is 0 Å². The lowest BCUT2D eigenvalue weighted by atomic mass is 10.1. The number of nitrogens with zero attached hydrogens (tertiary/aromatic N) is 1. The number of hydrogen-bond donors (Lipinski definition) is 2. The quantitative estimate of drug-likeness (QED) is 0.432. The molecule has 3 rings (SSSR count). The Bertz CT molecular complexity index is 992. The second-order valence-corrected chi connectivity index (χ2v) is 6.39. The van der Waals surface area contributed by atoms with Crippen LogP contribution in [-0.2, 0) is 11.4 Å². The standard InChI is InChI=1S/C22H21N3O4/c1-16(22(26)24-20-13-7-8-14-21(20)25(27)28)23-19-12-6-5-9-17(19)15-29-18-10-3-2-4-11-18/h2-14,16,23H,15H2,1H3,(H,24,26). The topological polar surface area (TPSA) is 93.5 Å². The summed E-state index contributed by atoms with van der Waals surface area (Å²) in [6, 6.07) is 22.4. The van der Waals surface area contributed by atoms with Crippen LogP contribution >= 0.6 is 0 Å². The van der Waals surface area contributed by atoms with Gasteiger partial charge < -0.3 is 15.4 Å². The first-order valence-electron chi connectivity index (χ1n) is 9.11. The fourth-order valence-electron chi connectivity index (χ4n) is 2.74. The molecule has 7 heteroatoms. The highest BCUT2D eigenvalue weighted by molar-refractivity contribution is 5.98. The molecule has 0 saturated carbocycles. The van der Waals surface area contributed by atoms with E-state index in [0.29, 0.717) is 6.61 Å². The Hall–Kier alpha value is -3.87. The molecule has 0 aliphatic rings. The summed E-state index contributed by atoms with van der Waals surface area (Å²) < 4.78 is 5.80. The average Bonchev–Trinajstić information content (AvgIpc) is 2.74. The van der Waals surface area contributed by atoms with E-state index in [9.17, 15) is 14.9 Å². The number of rotatable bonds is 8. The molecule has 2 N–H and O–H groups in total. The molecule has 1 atom stereocenters. The number of ether oxygens (including phenoxy) is 1. The molecule has 0 bridgehead atoms. The average molecular weight is 391 g/mol. The van der Waals surface area contributed by atoms with Crippen LogP contribution in [0, 0.1) is 10.1 Å². The largest absolute Gasteiger partial charge is 0.489 e. The predicted octanol–water partition coefficient (Wildman–Crippen LogP) is 4.61. The van der Waals surface area contributed by atoms with Gasteiger partial charge in [0.1, 0.15) is 24.1 Å². The van der Waals surface area contributed by atoms with Crippen LogP contribution in [0.4, 0.5) is 17.1 Å². The lowest BCUT2D eigenvalue weighted by Crippen LogP contribution is -2.32. The van der Waals surface area contributed by atoms with Crippen molar-refractivity contribution in [1.29, 1.82) is 0 Å². The van der Waals surface area contributed by atoms with Gasteiger partial charge in [-0.25, -0.2) is 0 Å². The Labute approximate surface area is 168 Å². The molecule has 0 heterocycles. The molecule has 0 aliphatic heterocycles. The zero-order chi connectivity index (χ0) is 20.6. The molecular formula is C22H21N3O4. The fraction of sp³-hybridized carbons (Fsp3) is 0.136. The van der Waals surface area contributed by atoms with Crippen LogP contribution in [0.25, 0.3) is 0 Å². The van der Waals surface area contributed by atoms with Crippen molar-refractivity contribution < 1.29 is 14.5 Å². The van der Waals surface area contributed by atoms with Gasteiger partial charge in [-0.15, -0.1) is 0 Å². The van der Waals surface area contributed by atoms with Crippen molar-refractivity contribution in [2.24, 2.45) is 0 Å². The van der Waals surface area contributed by atoms with Crippen molar-refractivity contribution in [3.05, 3.63) is 94.5 Å². The molecule has 0 fully saturated rings. The SMILES string of the molecule is CC(Nc1ccccc1COc1ccccc1)C(=O)Nc1ccccc1[N+](=O)[O-]. The maximum Gasteiger partial charge on any atom is 0.292 e. The van der Waals surface area contributed by atoms with Crippen molar-refractivity contribution >= 4 is 23.0 Å². The fourth-order valence-corrected chi connectivity index (χ4v) is 2.74. The van der Waals surface area contributed by atoms with E-state index in [4.69, 9.17) is 4.74 Å². The Balaban J connectivity index is 1.67. The van der Waals surface area contributed by atoms with Crippen LogP contribution in [0.15, 0.2) is 78.9 Å². The van der Waals surface area contributed by atoms with E-state index in [1.807, 2.05) is 54.6 Å². The molecule has 3 aromatic carbocycles. The van der Waals surface area contributed by atoms with Crippen LogP contribution in [-0.4, -0.2) is 16.9 Å². The molecule has 0 radical (unpaired) electrons. The minimum atomic E-state index is -0.618. The zero-order valence-corrected chi connectivity index (χ0v) is 15.9. The predicted molar refractivity (Wildman–Crippen MR) is 112 cm³/mol. The molecule has 148 valence electrons. The van der Waals surface area contributed by atoms with Crippen molar-refractivity contribution in [2.75, 3.05) is 10.6 Å². The molecule has 0 aromatic heterocycles. The number of carbonyl (C=O) groups excluding carboxylic acids is 1. The van der Waals surface area contributed by atoms with Crippen LogP contribution < -0.4 is 15.4 Å². The van der Waals surface area contributed by atoms with E-state index < -0.39 is 11.0 Å². The second-order valence-electron chi connectivity index (χ2n) is 6.39. The van der Waals surface area contributed by atoms with Gasteiger partial charge in [-0.1, -0.05) is 48.5 Å². The van der Waals surface area contributed by atoms with E-state index >= 15 is 0 Å². The van der Waals surface area contributed by atoms with Gasteiger partial charge in [0.25, 0.3) is 5.69 Å². The van der Waals surface area contributed by atoms with Gasteiger partial charge in [0.15, 0.2) is 0 Å². The summed E-state index contributed by atoms with van der Waals surface area (Å²) in [4.78, 5) is 23.2. The molecule has 1 unspecified atom stereocenters. The van der Waals surface area contributed by atoms with E-state index in [1.54, 1.807) is 19.1 Å². The van der Waals surface area contributed by atoms with Gasteiger partial charge in [-0.2, -0.15) is 0 Å². The highest BCUT2D eigenvalue weighted by Crippen LogP contribution is 2.24. The lowest BCUT2D eigenvalue weighted by Gasteiger charge is -2.18.